The molecule has 0 spiro atoms. The molecule has 0 saturated heterocycles. The van der Waals surface area contributed by atoms with Gasteiger partial charge in [-0.1, -0.05) is 49.6 Å². The Kier molecular flexibility index (Phi) is 3.43. The van der Waals surface area contributed by atoms with E-state index in [2.05, 4.69) is 24.3 Å². The molecule has 0 radical (unpaired) electrons. The monoisotopic (exact) mass is 255 g/mol. The lowest BCUT2D eigenvalue weighted by atomic mass is 9.79. The van der Waals surface area contributed by atoms with E-state index in [1.807, 2.05) is 12.1 Å². The van der Waals surface area contributed by atoms with E-state index in [4.69, 9.17) is 10.5 Å². The molecule has 2 N–H and O–H groups in total. The number of hydrogen-bond donors (Lipinski definition) is 1. The van der Waals surface area contributed by atoms with Gasteiger partial charge in [0, 0.05) is 11.4 Å². The van der Waals surface area contributed by atoms with Crippen LogP contribution in [0, 0.1) is 5.92 Å². The van der Waals surface area contributed by atoms with Crippen molar-refractivity contribution in [3.63, 3.8) is 0 Å². The topological polar surface area (TPSA) is 35.2 Å². The van der Waals surface area contributed by atoms with Gasteiger partial charge in [0.05, 0.1) is 7.11 Å². The van der Waals surface area contributed by atoms with Gasteiger partial charge in [0.15, 0.2) is 0 Å². The molecule has 1 saturated carbocycles. The molecule has 100 valence electrons. The predicted molar refractivity (Wildman–Crippen MR) is 79.4 cm³/mol. The number of fused-ring (bicyclic) bond motifs is 1. The second-order valence-corrected chi connectivity index (χ2v) is 5.54. The number of benzene rings is 2. The highest BCUT2D eigenvalue weighted by molar-refractivity contribution is 5.91. The van der Waals surface area contributed by atoms with E-state index in [1.54, 1.807) is 7.11 Å². The summed E-state index contributed by atoms with van der Waals surface area (Å²) in [7, 11) is 1.72. The van der Waals surface area contributed by atoms with Gasteiger partial charge in [0.25, 0.3) is 0 Å². The van der Waals surface area contributed by atoms with Crippen LogP contribution in [-0.2, 0) is 0 Å². The van der Waals surface area contributed by atoms with Gasteiger partial charge in [-0.2, -0.15) is 0 Å². The highest BCUT2D eigenvalue weighted by atomic mass is 16.5. The van der Waals surface area contributed by atoms with Gasteiger partial charge in [-0.3, -0.25) is 0 Å². The zero-order valence-electron chi connectivity index (χ0n) is 11.4. The van der Waals surface area contributed by atoms with E-state index in [0.29, 0.717) is 0 Å². The van der Waals surface area contributed by atoms with Crippen molar-refractivity contribution in [2.75, 3.05) is 7.11 Å². The first-order valence-corrected chi connectivity index (χ1v) is 7.11. The Balaban J connectivity index is 1.98. The molecule has 1 unspecified atom stereocenters. The van der Waals surface area contributed by atoms with Crippen molar-refractivity contribution >= 4 is 10.8 Å². The molecule has 2 nitrogen and oxygen atoms in total. The third-order valence-corrected chi connectivity index (χ3v) is 4.35. The smallest absolute Gasteiger partial charge is 0.126 e. The fourth-order valence-corrected chi connectivity index (χ4v) is 3.01. The molecule has 0 bridgehead atoms. The van der Waals surface area contributed by atoms with Crippen LogP contribution in [0.25, 0.3) is 10.8 Å². The zero-order chi connectivity index (χ0) is 13.2. The van der Waals surface area contributed by atoms with Crippen molar-refractivity contribution in [1.29, 1.82) is 0 Å². The molecule has 1 atom stereocenters. The normalized spacial score (nSPS) is 17.2. The van der Waals surface area contributed by atoms with Crippen molar-refractivity contribution in [3.05, 3.63) is 42.0 Å². The molecule has 2 heteroatoms. The molecule has 3 rings (SSSR count). The largest absolute Gasteiger partial charge is 0.496 e. The quantitative estimate of drug-likeness (QED) is 0.895. The maximum Gasteiger partial charge on any atom is 0.126 e. The van der Waals surface area contributed by atoms with Crippen molar-refractivity contribution in [2.24, 2.45) is 11.7 Å². The standard InChI is InChI=1S/C17H21NO/c1-19-17-10-9-14(13-7-2-3-8-15(13)17)16(18)11-12-5-4-6-12/h2-3,7-10,12,16H,4-6,11,18H2,1H3. The Hall–Kier alpha value is -1.54. The van der Waals surface area contributed by atoms with E-state index in [0.717, 1.165) is 23.5 Å². The Bertz CT molecular complexity index is 574. The summed E-state index contributed by atoms with van der Waals surface area (Å²) < 4.78 is 5.43. The molecule has 1 fully saturated rings. The third-order valence-electron chi connectivity index (χ3n) is 4.35. The lowest BCUT2D eigenvalue weighted by molar-refractivity contribution is 0.278. The molecule has 0 aromatic heterocycles. The molecule has 0 aliphatic heterocycles. The molecule has 2 aromatic rings. The SMILES string of the molecule is COc1ccc(C(N)CC2CCC2)c2ccccc12. The lowest BCUT2D eigenvalue weighted by Gasteiger charge is -2.28. The number of methoxy groups -OCH3 is 1. The Labute approximate surface area is 114 Å². The fourth-order valence-electron chi connectivity index (χ4n) is 3.01. The molecule has 1 aliphatic carbocycles. The second-order valence-electron chi connectivity index (χ2n) is 5.54. The Morgan fingerprint density at radius 2 is 1.89 bits per heavy atom. The maximum absolute atomic E-state index is 6.42. The van der Waals surface area contributed by atoms with Crippen molar-refractivity contribution in [3.8, 4) is 5.75 Å². The predicted octanol–water partition coefficient (Wildman–Crippen LogP) is 4.04. The summed E-state index contributed by atoms with van der Waals surface area (Å²) in [6.45, 7) is 0. The molecular formula is C17H21NO. The minimum absolute atomic E-state index is 0.140. The highest BCUT2D eigenvalue weighted by Crippen LogP contribution is 2.37. The highest BCUT2D eigenvalue weighted by Gasteiger charge is 2.22. The summed E-state index contributed by atoms with van der Waals surface area (Å²) in [5.41, 5.74) is 7.68. The molecule has 1 aliphatic rings. The maximum atomic E-state index is 6.42. The minimum Gasteiger partial charge on any atom is -0.496 e. The molecule has 0 amide bonds. The van der Waals surface area contributed by atoms with E-state index >= 15 is 0 Å². The number of ether oxygens (including phenoxy) is 1. The van der Waals surface area contributed by atoms with Crippen LogP contribution >= 0.6 is 0 Å². The summed E-state index contributed by atoms with van der Waals surface area (Å²) >= 11 is 0. The Morgan fingerprint density at radius 3 is 2.53 bits per heavy atom. The van der Waals surface area contributed by atoms with Gasteiger partial charge in [0.2, 0.25) is 0 Å². The van der Waals surface area contributed by atoms with E-state index < -0.39 is 0 Å². The van der Waals surface area contributed by atoms with Gasteiger partial charge < -0.3 is 10.5 Å². The third kappa shape index (κ3) is 2.33. The van der Waals surface area contributed by atoms with E-state index in [1.165, 1.54) is 30.2 Å². The molecule has 19 heavy (non-hydrogen) atoms. The second kappa shape index (κ2) is 5.22. The number of rotatable bonds is 4. The zero-order valence-corrected chi connectivity index (χ0v) is 11.4. The van der Waals surface area contributed by atoms with Crippen LogP contribution in [0.5, 0.6) is 5.75 Å². The first-order chi connectivity index (χ1) is 9.29. The lowest BCUT2D eigenvalue weighted by Crippen LogP contribution is -2.20. The summed E-state index contributed by atoms with van der Waals surface area (Å²) in [5, 5.41) is 2.39. The van der Waals surface area contributed by atoms with Crippen molar-refractivity contribution in [1.82, 2.24) is 0 Å². The Morgan fingerprint density at radius 1 is 1.16 bits per heavy atom. The van der Waals surface area contributed by atoms with E-state index in [-0.39, 0.29) is 6.04 Å². The summed E-state index contributed by atoms with van der Waals surface area (Å²) in [6.07, 6.45) is 5.18. The summed E-state index contributed by atoms with van der Waals surface area (Å²) in [6, 6.07) is 12.7. The van der Waals surface area contributed by atoms with Gasteiger partial charge in [-0.05, 0) is 29.4 Å². The van der Waals surface area contributed by atoms with Crippen LogP contribution in [0.1, 0.15) is 37.3 Å². The van der Waals surface area contributed by atoms with Crippen LogP contribution < -0.4 is 10.5 Å². The summed E-state index contributed by atoms with van der Waals surface area (Å²) in [5.74, 6) is 1.76. The minimum atomic E-state index is 0.140. The molecule has 2 aromatic carbocycles. The summed E-state index contributed by atoms with van der Waals surface area (Å²) in [4.78, 5) is 0. The number of hydrogen-bond acceptors (Lipinski definition) is 2. The van der Waals surface area contributed by atoms with Gasteiger partial charge in [-0.15, -0.1) is 0 Å². The van der Waals surface area contributed by atoms with Gasteiger partial charge >= 0.3 is 0 Å². The van der Waals surface area contributed by atoms with Crippen molar-refractivity contribution < 1.29 is 4.74 Å². The first-order valence-electron chi connectivity index (χ1n) is 7.11. The van der Waals surface area contributed by atoms with Crippen LogP contribution in [0.2, 0.25) is 0 Å². The van der Waals surface area contributed by atoms with Gasteiger partial charge in [0.1, 0.15) is 5.75 Å². The number of nitrogens with two attached hydrogens (primary N) is 1. The van der Waals surface area contributed by atoms with Crippen LogP contribution in [0.3, 0.4) is 0 Å². The average molecular weight is 255 g/mol. The molecule has 0 heterocycles. The average Bonchev–Trinajstić information content (AvgIpc) is 2.41. The van der Waals surface area contributed by atoms with Crippen molar-refractivity contribution in [2.45, 2.75) is 31.7 Å². The van der Waals surface area contributed by atoms with Crippen LogP contribution in [-0.4, -0.2) is 7.11 Å². The van der Waals surface area contributed by atoms with E-state index in [9.17, 15) is 0 Å². The van der Waals surface area contributed by atoms with Gasteiger partial charge in [-0.25, -0.2) is 0 Å². The fraction of sp³-hybridized carbons (Fsp3) is 0.412. The molecular weight excluding hydrogens is 234 g/mol. The van der Waals surface area contributed by atoms with Crippen LogP contribution in [0.15, 0.2) is 36.4 Å². The first kappa shape index (κ1) is 12.5. The van der Waals surface area contributed by atoms with Crippen LogP contribution in [0.4, 0.5) is 0 Å².